The molecule has 41 heavy (non-hydrogen) atoms. The zero-order chi connectivity index (χ0) is 28.7. The van der Waals surface area contributed by atoms with Crippen LogP contribution in [0.15, 0.2) is 95.2 Å². The van der Waals surface area contributed by atoms with Gasteiger partial charge in [0.2, 0.25) is 5.76 Å². The summed E-state index contributed by atoms with van der Waals surface area (Å²) in [5.41, 5.74) is 4.30. The lowest BCUT2D eigenvalue weighted by atomic mass is 9.27. The number of rotatable bonds is 7. The van der Waals surface area contributed by atoms with E-state index in [9.17, 15) is 30.3 Å². The highest BCUT2D eigenvalue weighted by Crippen LogP contribution is 2.52. The van der Waals surface area contributed by atoms with Crippen molar-refractivity contribution in [1.82, 2.24) is 0 Å². The molecule has 0 saturated heterocycles. The molecule has 4 aromatic rings. The molecule has 1 aromatic heterocycles. The molecule has 1 fully saturated rings. The second-order valence-electron chi connectivity index (χ2n) is 10.7. The Labute approximate surface area is 235 Å². The number of hydrogen-bond acceptors (Lipinski definition) is 6. The zero-order valence-electron chi connectivity index (χ0n) is 22.0. The Morgan fingerprint density at radius 1 is 0.634 bits per heavy atom. The van der Waals surface area contributed by atoms with E-state index in [1.54, 1.807) is 36.4 Å². The van der Waals surface area contributed by atoms with Gasteiger partial charge in [-0.3, -0.25) is 30.3 Å². The molecule has 0 spiro atoms. The smallest absolute Gasteiger partial charge is 0.420 e. The van der Waals surface area contributed by atoms with Gasteiger partial charge in [-0.15, -0.1) is 0 Å². The van der Waals surface area contributed by atoms with Crippen molar-refractivity contribution >= 4 is 45.4 Å². The van der Waals surface area contributed by atoms with E-state index in [2.05, 4.69) is 3.96 Å². The summed E-state index contributed by atoms with van der Waals surface area (Å²) in [4.78, 5) is 33.3. The maximum atomic E-state index is 11.5. The summed E-state index contributed by atoms with van der Waals surface area (Å²) in [7, 11) is 0. The summed E-state index contributed by atoms with van der Waals surface area (Å²) in [5, 5.41) is 34.6. The van der Waals surface area contributed by atoms with Gasteiger partial charge in [0.25, 0.3) is 17.1 Å². The van der Waals surface area contributed by atoms with E-state index in [0.717, 1.165) is 65.4 Å². The molecule has 6 rings (SSSR count). The molecule has 0 unspecified atom stereocenters. The van der Waals surface area contributed by atoms with E-state index in [-0.39, 0.29) is 23.0 Å². The van der Waals surface area contributed by atoms with E-state index in [1.807, 2.05) is 18.4 Å². The van der Waals surface area contributed by atoms with Crippen LogP contribution in [0.2, 0.25) is 0 Å². The summed E-state index contributed by atoms with van der Waals surface area (Å²) in [6.45, 7) is 0. The number of nitro benzene ring substituents is 3. The normalized spacial score (nSPS) is 16.4. The fraction of sp³-hybridized carbons (Fsp3) is 0.200. The lowest BCUT2D eigenvalue weighted by Gasteiger charge is -2.39. The van der Waals surface area contributed by atoms with Crippen molar-refractivity contribution in [2.45, 2.75) is 32.1 Å². The Morgan fingerprint density at radius 2 is 1.10 bits per heavy atom. The van der Waals surface area contributed by atoms with Gasteiger partial charge >= 0.3 is 6.35 Å². The highest BCUT2D eigenvalue weighted by molar-refractivity contribution is 7.12. The van der Waals surface area contributed by atoms with Crippen LogP contribution in [0.4, 0.5) is 17.1 Å². The molecule has 1 saturated carbocycles. The molecule has 0 radical (unpaired) electrons. The van der Waals surface area contributed by atoms with Crippen LogP contribution in [-0.2, 0) is 0 Å². The molecule has 0 atom stereocenters. The Morgan fingerprint density at radius 3 is 1.56 bits per heavy atom. The third-order valence-corrected chi connectivity index (χ3v) is 8.62. The summed E-state index contributed by atoms with van der Waals surface area (Å²) in [5.74, 6) is 1.18. The van der Waals surface area contributed by atoms with Crippen LogP contribution in [0.5, 0.6) is 0 Å². The van der Waals surface area contributed by atoms with Gasteiger partial charge in [0.1, 0.15) is 0 Å². The van der Waals surface area contributed by atoms with E-state index < -0.39 is 21.1 Å². The number of benzene rings is 3. The standard InChI is InChI=1S/C30H26BN3O7/c35-32(36)25-14-8-22(9-15-25)30-29(21-5-2-1-3-6-21)28-7-4-20-41(28)31(30,23-10-16-26(17-11-23)33(37)38)24-12-18-27(19-13-24)34(39)40/h4,7-21H,1-3,5-6H2. The van der Waals surface area contributed by atoms with Gasteiger partial charge in [0, 0.05) is 54.1 Å². The lowest BCUT2D eigenvalue weighted by molar-refractivity contribution is -0.385. The first kappa shape index (κ1) is 26.2. The van der Waals surface area contributed by atoms with Gasteiger partial charge in [0.15, 0.2) is 6.26 Å². The van der Waals surface area contributed by atoms with E-state index >= 15 is 0 Å². The van der Waals surface area contributed by atoms with Crippen molar-refractivity contribution in [3.05, 3.63) is 133 Å². The number of furan rings is 1. The Kier molecular flexibility index (Phi) is 6.49. The quantitative estimate of drug-likeness (QED) is 0.114. The largest absolute Gasteiger partial charge is 0.777 e. The third-order valence-electron chi connectivity index (χ3n) is 8.62. The molecule has 10 nitrogen and oxygen atoms in total. The Hall–Kier alpha value is -5.06. The maximum Gasteiger partial charge on any atom is 0.420 e. The van der Waals surface area contributed by atoms with Crippen LogP contribution in [0.1, 0.15) is 43.4 Å². The maximum absolute atomic E-state index is 11.5. The molecule has 1 aliphatic heterocycles. The first-order valence-corrected chi connectivity index (χ1v) is 13.6. The van der Waals surface area contributed by atoms with Crippen LogP contribution in [-0.4, -0.2) is 21.1 Å². The van der Waals surface area contributed by atoms with Crippen molar-refractivity contribution in [1.29, 1.82) is 0 Å². The molecule has 0 amide bonds. The number of hydrogen-bond donors (Lipinski definition) is 0. The van der Waals surface area contributed by atoms with Crippen molar-refractivity contribution in [3.8, 4) is 0 Å². The molecular weight excluding hydrogens is 525 g/mol. The monoisotopic (exact) mass is 551 g/mol. The van der Waals surface area contributed by atoms with Gasteiger partial charge in [-0.1, -0.05) is 72.1 Å². The highest BCUT2D eigenvalue weighted by Gasteiger charge is 2.53. The van der Waals surface area contributed by atoms with E-state index in [4.69, 9.17) is 0 Å². The minimum absolute atomic E-state index is 0.0254. The number of non-ortho nitro benzene ring substituents is 3. The third kappa shape index (κ3) is 4.21. The minimum Gasteiger partial charge on any atom is -0.777 e. The van der Waals surface area contributed by atoms with Crippen LogP contribution in [0, 0.1) is 36.3 Å². The van der Waals surface area contributed by atoms with Gasteiger partial charge in [-0.05, 0) is 24.3 Å². The van der Waals surface area contributed by atoms with Gasteiger partial charge in [-0.25, -0.2) is 0 Å². The predicted octanol–water partition coefficient (Wildman–Crippen LogP) is 6.34. The second kappa shape index (κ2) is 10.2. The SMILES string of the molecule is O=[N+]([O-])c1ccc(C2=C(C3CCCCC3)c3ccc[o+]3[B-]2(c2ccc([N+](=O)[O-])cc2)c2ccc([N+](=O)[O-])cc2)cc1. The van der Waals surface area contributed by atoms with Crippen molar-refractivity contribution in [2.24, 2.45) is 5.92 Å². The van der Waals surface area contributed by atoms with E-state index in [1.165, 1.54) is 36.4 Å². The first-order chi connectivity index (χ1) is 19.8. The first-order valence-electron chi connectivity index (χ1n) is 13.6. The van der Waals surface area contributed by atoms with Gasteiger partial charge in [0.05, 0.1) is 14.8 Å². The number of allylic oxidation sites excluding steroid dienone is 1. The molecule has 3 aromatic carbocycles. The number of fused-ring (bicyclic) bond motifs is 1. The summed E-state index contributed by atoms with van der Waals surface area (Å²) >= 11 is 0. The van der Waals surface area contributed by atoms with Crippen LogP contribution in [0.25, 0.3) is 11.0 Å². The summed E-state index contributed by atoms with van der Waals surface area (Å²) in [6.07, 6.45) is 5.11. The summed E-state index contributed by atoms with van der Waals surface area (Å²) < 4.78 is 3.37. The zero-order valence-corrected chi connectivity index (χ0v) is 22.0. The average Bonchev–Trinajstić information content (AvgIpc) is 3.58. The van der Waals surface area contributed by atoms with Crippen LogP contribution in [0.3, 0.4) is 0 Å². The molecule has 11 heteroatoms. The predicted molar refractivity (Wildman–Crippen MR) is 156 cm³/mol. The fourth-order valence-electron chi connectivity index (χ4n) is 6.89. The molecule has 2 heterocycles. The fourth-order valence-corrected chi connectivity index (χ4v) is 6.89. The number of nitrogens with zero attached hydrogens (tertiary/aromatic N) is 3. The van der Waals surface area contributed by atoms with E-state index in [0.29, 0.717) is 0 Å². The molecular formula is C30H26BN3O7. The molecule has 0 bridgehead atoms. The van der Waals surface area contributed by atoms with Crippen LogP contribution >= 0.6 is 0 Å². The van der Waals surface area contributed by atoms with Crippen molar-refractivity contribution in [3.63, 3.8) is 0 Å². The minimum atomic E-state index is -2.12. The average molecular weight is 551 g/mol. The topological polar surface area (TPSA) is 132 Å². The van der Waals surface area contributed by atoms with Crippen molar-refractivity contribution in [2.75, 3.05) is 0 Å². The molecule has 1 aliphatic carbocycles. The summed E-state index contributed by atoms with van der Waals surface area (Å²) in [6, 6.07) is 23.3. The Bertz CT molecular complexity index is 1630. The molecule has 0 N–H and O–H groups in total. The Balaban J connectivity index is 1.71. The van der Waals surface area contributed by atoms with Crippen molar-refractivity contribution < 1.29 is 18.7 Å². The molecule has 2 aliphatic rings. The second-order valence-corrected chi connectivity index (χ2v) is 10.7. The lowest BCUT2D eigenvalue weighted by Crippen LogP contribution is -2.59. The van der Waals surface area contributed by atoms with Gasteiger partial charge in [-0.2, -0.15) is 0 Å². The van der Waals surface area contributed by atoms with Crippen LogP contribution < -0.4 is 10.9 Å². The molecule has 206 valence electrons. The highest BCUT2D eigenvalue weighted by atomic mass is 16.6. The number of nitro groups is 3. The van der Waals surface area contributed by atoms with Gasteiger partial charge < -0.3 is 3.96 Å².